The van der Waals surface area contributed by atoms with Crippen LogP contribution < -0.4 is 16.2 Å². The summed E-state index contributed by atoms with van der Waals surface area (Å²) in [6.45, 7) is 16.8. The molecule has 319 valence electrons. The molecule has 0 atom stereocenters. The van der Waals surface area contributed by atoms with E-state index in [-0.39, 0.29) is 16.2 Å². The lowest BCUT2D eigenvalue weighted by atomic mass is 9.58. The molecule has 0 fully saturated rings. The van der Waals surface area contributed by atoms with Gasteiger partial charge in [0.15, 0.2) is 7.28 Å². The summed E-state index contributed by atoms with van der Waals surface area (Å²) in [6.07, 6.45) is 2.36. The fourth-order valence-electron chi connectivity index (χ4n) is 11.8. The van der Waals surface area contributed by atoms with Crippen LogP contribution in [-0.2, 0) is 16.2 Å². The van der Waals surface area contributed by atoms with Crippen LogP contribution in [0.4, 0.5) is 11.4 Å². The van der Waals surface area contributed by atoms with Gasteiger partial charge in [-0.15, -0.1) is 34.0 Å². The van der Waals surface area contributed by atoms with Crippen LogP contribution in [0.15, 0.2) is 133 Å². The van der Waals surface area contributed by atoms with E-state index in [0.29, 0.717) is 0 Å². The fourth-order valence-corrected chi connectivity index (χ4v) is 15.3. The number of fused-ring (bicyclic) bond motifs is 16. The summed E-state index contributed by atoms with van der Waals surface area (Å²) in [6, 6.07) is 51.4. The second-order valence-electron chi connectivity index (χ2n) is 21.4. The van der Waals surface area contributed by atoms with Crippen molar-refractivity contribution < 1.29 is 0 Å². The quantitative estimate of drug-likeness (QED) is 0.175. The summed E-state index contributed by atoms with van der Waals surface area (Å²) in [7, 11) is 2.56. The second-order valence-corrected chi connectivity index (χ2v) is 24.6. The van der Waals surface area contributed by atoms with Crippen LogP contribution in [0.3, 0.4) is 0 Å². The number of nitrogens with one attached hydrogen (secondary N) is 1. The molecule has 1 aliphatic heterocycles. The molecule has 1 N–H and O–H groups in total. The first-order valence-corrected chi connectivity index (χ1v) is 25.9. The molecule has 4 aromatic heterocycles. The van der Waals surface area contributed by atoms with Crippen molar-refractivity contribution in [3.63, 3.8) is 0 Å². The molecular formula is C60H48BN2S3. The topological polar surface area (TPSA) is 17.0 Å². The fraction of sp³-hybridized carbons (Fsp3) is 0.200. The third-order valence-corrected chi connectivity index (χ3v) is 18.9. The van der Waals surface area contributed by atoms with E-state index < -0.39 is 0 Å². The molecule has 0 spiro atoms. The summed E-state index contributed by atoms with van der Waals surface area (Å²) < 4.78 is 10.7. The number of nitrogens with zero attached hydrogens (tertiary/aromatic N) is 1. The van der Waals surface area contributed by atoms with Crippen molar-refractivity contribution in [2.24, 2.45) is 0 Å². The van der Waals surface area contributed by atoms with Gasteiger partial charge in [-0.1, -0.05) is 127 Å². The highest BCUT2D eigenvalue weighted by molar-refractivity contribution is 7.27. The number of rotatable bonds is 3. The summed E-state index contributed by atoms with van der Waals surface area (Å²) in [5.74, 6) is 0. The van der Waals surface area contributed by atoms with Crippen LogP contribution in [-0.4, -0.2) is 11.8 Å². The number of thiophene rings is 3. The van der Waals surface area contributed by atoms with Gasteiger partial charge in [-0.25, -0.2) is 0 Å². The van der Waals surface area contributed by atoms with E-state index in [2.05, 4.69) is 199 Å². The first-order valence-electron chi connectivity index (χ1n) is 23.4. The van der Waals surface area contributed by atoms with E-state index in [1.165, 1.54) is 140 Å². The number of benzene rings is 8. The molecule has 8 aromatic carbocycles. The molecule has 0 bridgehead atoms. The number of anilines is 2. The summed E-state index contributed by atoms with van der Waals surface area (Å²) in [4.78, 5) is 0. The average molecular weight is 904 g/mol. The first-order chi connectivity index (χ1) is 31.8. The van der Waals surface area contributed by atoms with Gasteiger partial charge in [-0.3, -0.25) is 0 Å². The molecule has 12 aromatic rings. The van der Waals surface area contributed by atoms with Crippen molar-refractivity contribution in [1.82, 2.24) is 4.57 Å². The van der Waals surface area contributed by atoms with Gasteiger partial charge >= 0.3 is 0 Å². The Kier molecular flexibility index (Phi) is 7.96. The van der Waals surface area contributed by atoms with Crippen molar-refractivity contribution >= 4 is 146 Å². The maximum atomic E-state index is 4.06. The van der Waals surface area contributed by atoms with Crippen molar-refractivity contribution in [2.45, 2.75) is 77.6 Å². The lowest BCUT2D eigenvalue weighted by molar-refractivity contribution is 0.332. The van der Waals surface area contributed by atoms with Gasteiger partial charge in [-0.2, -0.15) is 0 Å². The molecule has 14 rings (SSSR count). The van der Waals surface area contributed by atoms with Crippen LogP contribution in [0.1, 0.15) is 78.0 Å². The van der Waals surface area contributed by atoms with Crippen molar-refractivity contribution in [3.05, 3.63) is 150 Å². The highest BCUT2D eigenvalue weighted by Crippen LogP contribution is 2.53. The molecule has 1 radical (unpaired) electrons. The SMILES string of the molecule is CC(C)(C)c1ccc(Nc2cc3c(cc2-c2c4c5c(c6cc7c(cc6n5-c5cc6sc8ccccc8c6cc5[B]4)C(C)(C)CCC7(C)C)c4c2sc2ccccc24)sc2ccccc23)cc1. The van der Waals surface area contributed by atoms with E-state index in [1.807, 2.05) is 34.0 Å². The van der Waals surface area contributed by atoms with Crippen LogP contribution in [0.2, 0.25) is 0 Å². The Morgan fingerprint density at radius 1 is 0.561 bits per heavy atom. The Bertz CT molecular complexity index is 4090. The molecular weight excluding hydrogens is 856 g/mol. The minimum atomic E-state index is 0.0680. The van der Waals surface area contributed by atoms with E-state index >= 15 is 0 Å². The molecule has 2 aliphatic rings. The maximum absolute atomic E-state index is 4.06. The Morgan fingerprint density at radius 3 is 1.82 bits per heavy atom. The minimum absolute atomic E-state index is 0.0680. The first kappa shape index (κ1) is 39.3. The lowest BCUT2D eigenvalue weighted by Gasteiger charge is -2.42. The zero-order chi connectivity index (χ0) is 44.6. The molecule has 0 unspecified atom stereocenters. The Balaban J connectivity index is 1.17. The lowest BCUT2D eigenvalue weighted by Crippen LogP contribution is -2.37. The average Bonchev–Trinajstić information content (AvgIpc) is 4.06. The van der Waals surface area contributed by atoms with E-state index in [9.17, 15) is 0 Å². The van der Waals surface area contributed by atoms with Gasteiger partial charge in [0, 0.05) is 94.0 Å². The van der Waals surface area contributed by atoms with Crippen LogP contribution in [0, 0.1) is 0 Å². The summed E-state index contributed by atoms with van der Waals surface area (Å²) in [5.41, 5.74) is 15.8. The third-order valence-electron chi connectivity index (χ3n) is 15.4. The van der Waals surface area contributed by atoms with Crippen LogP contribution >= 0.6 is 34.0 Å². The summed E-state index contributed by atoms with van der Waals surface area (Å²) >= 11 is 5.79. The standard InChI is InChI=1S/C60H48BN2S3/c1-58(2,3)32-20-22-33(23-21-32)62-44-28-38-35-15-9-12-18-48(35)64-50(38)29-39(44)54-55-56-52(53-36-16-10-13-19-49(36)66-57(53)54)40-26-41-42(60(6,7)25-24-59(41,4)5)30-45(40)63(56)46-31-51-37(27-43(46)61-55)34-14-8-11-17-47(34)65-51/h8-23,26-31,62H,24-25H2,1-7H3. The highest BCUT2D eigenvalue weighted by Gasteiger charge is 2.39. The van der Waals surface area contributed by atoms with Gasteiger partial charge in [0.25, 0.3) is 0 Å². The second kappa shape index (κ2) is 13.4. The van der Waals surface area contributed by atoms with Gasteiger partial charge in [0.2, 0.25) is 0 Å². The molecule has 66 heavy (non-hydrogen) atoms. The minimum Gasteiger partial charge on any atom is -0.355 e. The smallest absolute Gasteiger partial charge is 0.198 e. The van der Waals surface area contributed by atoms with E-state index in [4.69, 9.17) is 0 Å². The maximum Gasteiger partial charge on any atom is 0.198 e. The van der Waals surface area contributed by atoms with Crippen LogP contribution in [0.5, 0.6) is 0 Å². The molecule has 0 amide bonds. The monoisotopic (exact) mass is 903 g/mol. The van der Waals surface area contributed by atoms with Gasteiger partial charge in [0.1, 0.15) is 0 Å². The zero-order valence-corrected chi connectivity index (χ0v) is 40.8. The highest BCUT2D eigenvalue weighted by atomic mass is 32.1. The molecule has 5 heterocycles. The third kappa shape index (κ3) is 5.47. The molecule has 2 nitrogen and oxygen atoms in total. The van der Waals surface area contributed by atoms with Crippen molar-refractivity contribution in [3.8, 4) is 16.8 Å². The van der Waals surface area contributed by atoms with Gasteiger partial charge in [0.05, 0.1) is 5.52 Å². The number of hydrogen-bond donors (Lipinski definition) is 1. The van der Waals surface area contributed by atoms with Crippen molar-refractivity contribution in [1.29, 1.82) is 0 Å². The van der Waals surface area contributed by atoms with E-state index in [0.717, 1.165) is 11.4 Å². The van der Waals surface area contributed by atoms with Gasteiger partial charge < -0.3 is 9.88 Å². The summed E-state index contributed by atoms with van der Waals surface area (Å²) in [5, 5.41) is 14.8. The zero-order valence-electron chi connectivity index (χ0n) is 38.4. The Labute approximate surface area is 397 Å². The molecule has 1 aliphatic carbocycles. The predicted molar refractivity (Wildman–Crippen MR) is 294 cm³/mol. The molecule has 6 heteroatoms. The predicted octanol–water partition coefficient (Wildman–Crippen LogP) is 16.9. The van der Waals surface area contributed by atoms with Gasteiger partial charge in [-0.05, 0) is 123 Å². The van der Waals surface area contributed by atoms with Crippen LogP contribution in [0.25, 0.3) is 99.1 Å². The number of aromatic nitrogens is 1. The molecule has 0 saturated heterocycles. The van der Waals surface area contributed by atoms with Crippen molar-refractivity contribution in [2.75, 3.05) is 5.32 Å². The largest absolute Gasteiger partial charge is 0.355 e. The normalized spacial score (nSPS) is 15.4. The Hall–Kier alpha value is -5.92. The van der Waals surface area contributed by atoms with E-state index in [1.54, 1.807) is 0 Å². The Morgan fingerprint density at radius 2 is 1.15 bits per heavy atom. The number of hydrogen-bond acceptors (Lipinski definition) is 4. The molecule has 0 saturated carbocycles.